The van der Waals surface area contributed by atoms with Crippen LogP contribution in [-0.4, -0.2) is 0 Å². The molecule has 0 radical (unpaired) electrons. The fraction of sp³-hybridized carbons (Fsp3) is 0. The molecule has 0 amide bonds. The molecule has 0 aliphatic heterocycles. The van der Waals surface area contributed by atoms with Gasteiger partial charge in [0.25, 0.3) is 0 Å². The Morgan fingerprint density at radius 1 is 1.00 bits per heavy atom. The average molecular weight is 287 g/mol. The zero-order valence-corrected chi connectivity index (χ0v) is 15.1. The largest absolute Gasteiger partial charge is 1.00 e. The molecule has 0 aliphatic carbocycles. The van der Waals surface area contributed by atoms with Gasteiger partial charge in [0, 0.05) is 0 Å². The molecule has 0 saturated carbocycles. The van der Waals surface area contributed by atoms with Crippen LogP contribution in [0.15, 0.2) is 0 Å². The molecule has 0 N–H and O–H groups in total. The molecule has 32 valence electrons. The van der Waals surface area contributed by atoms with Crippen molar-refractivity contribution in [2.75, 3.05) is 0 Å². The fourth-order valence-electron chi connectivity index (χ4n) is 0. The van der Waals surface area contributed by atoms with Gasteiger partial charge in [-0.15, -0.1) is 0 Å². The second-order valence-corrected chi connectivity index (χ2v) is 1.68. The Hall–Kier alpha value is 3.66. The van der Waals surface area contributed by atoms with Crippen molar-refractivity contribution in [3.05, 3.63) is 0 Å². The van der Waals surface area contributed by atoms with Crippen LogP contribution in [-0.2, 0) is 21.2 Å². The molecule has 0 spiro atoms. The van der Waals surface area contributed by atoms with Crippen molar-refractivity contribution in [2.24, 2.45) is 0 Å². The summed E-state index contributed by atoms with van der Waals surface area (Å²) in [6, 6.07) is 0. The third kappa shape index (κ3) is 42.3. The summed E-state index contributed by atoms with van der Waals surface area (Å²) in [7, 11) is 0. The first-order valence-corrected chi connectivity index (χ1v) is 2.75. The summed E-state index contributed by atoms with van der Waals surface area (Å²) in [6.45, 7) is 0. The Morgan fingerprint density at radius 3 is 1.00 bits per heavy atom. The molecule has 0 atom stereocenters. The van der Waals surface area contributed by atoms with Crippen LogP contribution in [0.3, 0.4) is 0 Å². The topological polar surface area (TPSA) is 80.3 Å². The molecule has 0 aromatic heterocycles. The van der Waals surface area contributed by atoms with Crippen molar-refractivity contribution in [1.29, 1.82) is 0 Å². The first kappa shape index (κ1) is 17.0. The molecule has 0 unspecified atom stereocenters. The van der Waals surface area contributed by atoms with E-state index in [-0.39, 0.29) is 116 Å². The van der Waals surface area contributed by atoms with Gasteiger partial charge < -0.3 is 0 Å². The van der Waals surface area contributed by atoms with Crippen molar-refractivity contribution >= 4 is 0 Å². The minimum atomic E-state index is -5.75. The minimum absolute atomic E-state index is 0. The third-order valence-corrected chi connectivity index (χ3v) is 0. The predicted octanol–water partition coefficient (Wildman–Crippen LogP) is -8.61. The second kappa shape index (κ2) is 7.77. The van der Waals surface area contributed by atoms with Crippen LogP contribution in [0, 0.1) is 0 Å². The number of hydrogen-bond donors (Lipinski definition) is 0. The summed E-state index contributed by atoms with van der Waals surface area (Å²) < 4.78 is 34.4. The Morgan fingerprint density at radius 2 is 1.00 bits per heavy atom. The molecule has 0 aliphatic rings. The summed E-state index contributed by atoms with van der Waals surface area (Å²) in [6.07, 6.45) is 0. The van der Waals surface area contributed by atoms with Gasteiger partial charge >= 0.3 is 146 Å². The monoisotopic (exact) mass is 286 g/mol. The molecule has 0 saturated heterocycles. The zero-order chi connectivity index (χ0) is 4.50. The molecule has 0 rings (SSSR count). The summed E-state index contributed by atoms with van der Waals surface area (Å²) in [5.74, 6) is 0. The van der Waals surface area contributed by atoms with Crippen molar-refractivity contribution < 1.29 is 146 Å². The smallest absolute Gasteiger partial charge is 1.00 e. The molecule has 4 nitrogen and oxygen atoms in total. The Bertz CT molecular complexity index is 92.9. The van der Waals surface area contributed by atoms with E-state index < -0.39 is 13.6 Å². The van der Waals surface area contributed by atoms with Gasteiger partial charge in [-0.2, -0.15) is 0 Å². The van der Waals surface area contributed by atoms with Crippen LogP contribution >= 0.6 is 0 Å². The van der Waals surface area contributed by atoms with E-state index >= 15 is 0 Å². The quantitative estimate of drug-likeness (QED) is 0.443. The number of hydrogen-bond acceptors (Lipinski definition) is 4. The third-order valence-electron chi connectivity index (χ3n) is 0. The maximum absolute atomic E-state index is 8.59. The van der Waals surface area contributed by atoms with Gasteiger partial charge in [0.2, 0.25) is 0 Å². The van der Waals surface area contributed by atoms with E-state index in [0.717, 1.165) is 0 Å². The van der Waals surface area contributed by atoms with Gasteiger partial charge in [-0.1, -0.05) is 0 Å². The SMILES string of the molecule is [O]=[Cr](=[O])([O-])[O-].[Rb+].[Rb+]. The number of rotatable bonds is 0. The van der Waals surface area contributed by atoms with Crippen LogP contribution in [0.25, 0.3) is 0 Å². The van der Waals surface area contributed by atoms with Crippen LogP contribution in [0.4, 0.5) is 0 Å². The van der Waals surface area contributed by atoms with Gasteiger partial charge in [-0.3, -0.25) is 0 Å². The van der Waals surface area contributed by atoms with Crippen molar-refractivity contribution in [3.63, 3.8) is 0 Å². The van der Waals surface area contributed by atoms with Gasteiger partial charge in [-0.25, -0.2) is 0 Å². The fourth-order valence-corrected chi connectivity index (χ4v) is 0. The average Bonchev–Trinajstić information content (AvgIpc) is 0.722. The molecule has 0 fully saturated rings. The van der Waals surface area contributed by atoms with Crippen LogP contribution in [0.1, 0.15) is 0 Å². The van der Waals surface area contributed by atoms with E-state index in [1.54, 1.807) is 0 Å². The Kier molecular flexibility index (Phi) is 18.8. The summed E-state index contributed by atoms with van der Waals surface area (Å²) in [5.41, 5.74) is 0. The molecule has 0 bridgehead atoms. The van der Waals surface area contributed by atoms with E-state index in [0.29, 0.717) is 0 Å². The van der Waals surface area contributed by atoms with E-state index in [1.807, 2.05) is 0 Å². The van der Waals surface area contributed by atoms with E-state index in [9.17, 15) is 0 Å². The Labute approximate surface area is 141 Å². The molecular weight excluding hydrogens is 287 g/mol. The van der Waals surface area contributed by atoms with Gasteiger partial charge in [0.1, 0.15) is 0 Å². The minimum Gasteiger partial charge on any atom is 1.00 e. The normalized spacial score (nSPS) is 8.29. The summed E-state index contributed by atoms with van der Waals surface area (Å²) >= 11 is -5.75. The molecule has 0 aromatic rings. The second-order valence-electron chi connectivity index (χ2n) is 0.408. The predicted molar refractivity (Wildman–Crippen MR) is 1.37 cm³/mol. The van der Waals surface area contributed by atoms with Gasteiger partial charge in [0.05, 0.1) is 0 Å². The molecule has 7 heteroatoms. The van der Waals surface area contributed by atoms with Gasteiger partial charge in [-0.05, 0) is 0 Å². The molecule has 0 heterocycles. The van der Waals surface area contributed by atoms with E-state index in [2.05, 4.69) is 0 Å². The maximum Gasteiger partial charge on any atom is 1.00 e. The standard InChI is InChI=1S/Cr.4O.2Rb/q;;;2*-1;2*+1. The van der Waals surface area contributed by atoms with Crippen LogP contribution in [0.2, 0.25) is 0 Å². The zero-order valence-electron chi connectivity index (χ0n) is 4.04. The molecule has 0 aromatic carbocycles. The van der Waals surface area contributed by atoms with Gasteiger partial charge in [0.15, 0.2) is 0 Å². The first-order chi connectivity index (χ1) is 2.00. The van der Waals surface area contributed by atoms with Crippen molar-refractivity contribution in [3.8, 4) is 0 Å². The van der Waals surface area contributed by atoms with Crippen molar-refractivity contribution in [1.82, 2.24) is 0 Å². The summed E-state index contributed by atoms with van der Waals surface area (Å²) in [4.78, 5) is 0. The Balaban J connectivity index is -0.0000000800. The molecule has 7 heavy (non-hydrogen) atoms. The maximum atomic E-state index is 8.59. The molecular formula is CrO4Rb2. The van der Waals surface area contributed by atoms with Crippen LogP contribution < -0.4 is 125 Å². The first-order valence-electron chi connectivity index (χ1n) is 0.667. The van der Waals surface area contributed by atoms with E-state index in [1.165, 1.54) is 0 Å². The summed E-state index contributed by atoms with van der Waals surface area (Å²) in [5, 5.41) is 0. The van der Waals surface area contributed by atoms with Crippen LogP contribution in [0.5, 0.6) is 0 Å². The van der Waals surface area contributed by atoms with Crippen molar-refractivity contribution in [2.45, 2.75) is 0 Å². The van der Waals surface area contributed by atoms with E-state index in [4.69, 9.17) is 15.9 Å².